The molecule has 62 valence electrons. The summed E-state index contributed by atoms with van der Waals surface area (Å²) >= 11 is 0. The van der Waals surface area contributed by atoms with Crippen LogP contribution in [0, 0.1) is 0 Å². The van der Waals surface area contributed by atoms with Crippen molar-refractivity contribution in [2.45, 2.75) is 27.0 Å². The van der Waals surface area contributed by atoms with E-state index in [1.165, 1.54) is 0 Å². The second-order valence-electron chi connectivity index (χ2n) is 0.862. The summed E-state index contributed by atoms with van der Waals surface area (Å²) in [6.45, 7) is -26.5. The summed E-state index contributed by atoms with van der Waals surface area (Å²) in [5, 5.41) is 0. The first-order chi connectivity index (χ1) is 10.9. The van der Waals surface area contributed by atoms with Crippen molar-refractivity contribution in [2.75, 3.05) is 19.7 Å². The van der Waals surface area contributed by atoms with Crippen molar-refractivity contribution in [3.05, 3.63) is 0 Å². The van der Waals surface area contributed by atoms with Gasteiger partial charge in [0.05, 0.1) is 8.22 Å². The molecule has 0 aromatic carbocycles. The van der Waals surface area contributed by atoms with E-state index in [9.17, 15) is 0 Å². The molecule has 0 saturated heterocycles. The predicted molar refractivity (Wildman–Crippen MR) is 38.7 cm³/mol. The molecule has 0 radical (unpaired) electrons. The highest BCUT2D eigenvalue weighted by Crippen LogP contribution is 1.95. The molecule has 0 unspecified atom stereocenters. The normalized spacial score (nSPS) is 43.6. The Morgan fingerprint density at radius 2 is 1.60 bits per heavy atom. The molecule has 0 rings (SSSR count). The van der Waals surface area contributed by atoms with E-state index in [0.717, 1.165) is 0 Å². The summed E-state index contributed by atoms with van der Waals surface area (Å²) in [6.07, 6.45) is 0. The van der Waals surface area contributed by atoms with Gasteiger partial charge in [0, 0.05) is 32.0 Å². The minimum absolute atomic E-state index is 3.63. The number of hydrogen-bond donors (Lipinski definition) is 0. The van der Waals surface area contributed by atoms with Gasteiger partial charge in [0.1, 0.15) is 1.37 Å². The number of rotatable bonds is 6. The highest BCUT2D eigenvalue weighted by molar-refractivity contribution is 4.23. The summed E-state index contributed by atoms with van der Waals surface area (Å²) in [5.74, 6) is 0. The molecule has 0 spiro atoms. The van der Waals surface area contributed by atoms with Crippen molar-refractivity contribution < 1.29 is 36.1 Å². The molecular formula is C7H16O3. The standard InChI is InChI=1S/C7H16O3/c1-4-8-7(9-5-2)10-6-3/h7H,4-6H2,1-3H3/i1D3,2D3,3D3,4D2,5D2,6D2,7D. The van der Waals surface area contributed by atoms with E-state index in [1.54, 1.807) is 0 Å². The monoisotopic (exact) mass is 164 g/mol. The third-order valence-corrected chi connectivity index (χ3v) is 0.403. The van der Waals surface area contributed by atoms with Crippen LogP contribution in [-0.2, 0) is 14.2 Å². The quantitative estimate of drug-likeness (QED) is 0.555. The molecule has 0 aromatic rings. The van der Waals surface area contributed by atoms with Crippen LogP contribution in [0.4, 0.5) is 0 Å². The van der Waals surface area contributed by atoms with Crippen molar-refractivity contribution in [2.24, 2.45) is 0 Å². The predicted octanol–water partition coefficient (Wildman–Crippen LogP) is 1.38. The van der Waals surface area contributed by atoms with E-state index < -0.39 is 46.7 Å². The van der Waals surface area contributed by atoms with Gasteiger partial charge in [-0.1, -0.05) is 0 Å². The topological polar surface area (TPSA) is 27.7 Å². The zero-order chi connectivity index (χ0) is 21.6. The summed E-state index contributed by atoms with van der Waals surface area (Å²) in [4.78, 5) is 0. The molecule has 0 aromatic heterocycles. The summed E-state index contributed by atoms with van der Waals surface area (Å²) in [5.41, 5.74) is 0. The van der Waals surface area contributed by atoms with Crippen LogP contribution >= 0.6 is 0 Å². The summed E-state index contributed by atoms with van der Waals surface area (Å²) < 4.78 is 126. The van der Waals surface area contributed by atoms with Crippen LogP contribution in [0.2, 0.25) is 0 Å². The maximum Gasteiger partial charge on any atom is 0.271 e. The minimum Gasteiger partial charge on any atom is -0.330 e. The average molecular weight is 164 g/mol. The lowest BCUT2D eigenvalue weighted by Gasteiger charge is -2.15. The first-order valence-electron chi connectivity index (χ1n) is 9.97. The minimum atomic E-state index is -4.13. The molecule has 0 fully saturated rings. The van der Waals surface area contributed by atoms with Gasteiger partial charge in [-0.05, 0) is 20.6 Å². The Labute approximate surface area is 84.7 Å². The lowest BCUT2D eigenvalue weighted by atomic mass is 10.8. The first kappa shape index (κ1) is 1.26. The van der Waals surface area contributed by atoms with E-state index in [4.69, 9.17) is 21.9 Å². The van der Waals surface area contributed by atoms with Gasteiger partial charge in [-0.3, -0.25) is 0 Å². The Bertz CT molecular complexity index is 416. The number of hydrogen-bond acceptors (Lipinski definition) is 3. The molecule has 0 amide bonds. The number of ether oxygens (including phenoxy) is 3. The van der Waals surface area contributed by atoms with E-state index in [2.05, 4.69) is 14.2 Å². The molecule has 3 nitrogen and oxygen atoms in total. The second-order valence-corrected chi connectivity index (χ2v) is 0.862. The molecule has 0 saturated carbocycles. The fourth-order valence-corrected chi connectivity index (χ4v) is 0.188. The SMILES string of the molecule is [2H]C(OC([2H])([2H])C([2H])([2H])[2H])(OC([2H])([2H])C([2H])([2H])[2H])OC([2H])([2H])C([2H])([2H])[2H]. The Kier molecular flexibility index (Phi) is 0.880. The Morgan fingerprint density at radius 1 is 1.20 bits per heavy atom. The fourth-order valence-electron chi connectivity index (χ4n) is 0.188. The lowest BCUT2D eigenvalue weighted by molar-refractivity contribution is -0.282. The molecule has 0 N–H and O–H groups in total. The van der Waals surface area contributed by atoms with Crippen molar-refractivity contribution in [1.82, 2.24) is 0 Å². The highest BCUT2D eigenvalue weighted by Gasteiger charge is 2.04. The zero-order valence-corrected chi connectivity index (χ0v) is 4.72. The third-order valence-electron chi connectivity index (χ3n) is 0.403. The molecule has 0 bridgehead atoms. The lowest BCUT2D eigenvalue weighted by Crippen LogP contribution is -2.20. The summed E-state index contributed by atoms with van der Waals surface area (Å²) in [7, 11) is 0. The van der Waals surface area contributed by atoms with Crippen molar-refractivity contribution in [3.8, 4) is 0 Å². The van der Waals surface area contributed by atoms with Crippen LogP contribution in [0.25, 0.3) is 0 Å². The van der Waals surface area contributed by atoms with Gasteiger partial charge in [0.2, 0.25) is 0 Å². The van der Waals surface area contributed by atoms with E-state index in [1.807, 2.05) is 0 Å². The van der Waals surface area contributed by atoms with Gasteiger partial charge < -0.3 is 14.2 Å². The van der Waals surface area contributed by atoms with Crippen molar-refractivity contribution >= 4 is 0 Å². The van der Waals surface area contributed by atoms with Crippen LogP contribution in [0.5, 0.6) is 0 Å². The van der Waals surface area contributed by atoms with E-state index in [-0.39, 0.29) is 0 Å². The maximum atomic E-state index is 7.59. The molecule has 0 aliphatic rings. The van der Waals surface area contributed by atoms with Gasteiger partial charge in [-0.15, -0.1) is 0 Å². The molecule has 10 heavy (non-hydrogen) atoms. The third kappa shape index (κ3) is 4.73. The van der Waals surface area contributed by atoms with E-state index in [0.29, 0.717) is 0 Å². The first-order valence-corrected chi connectivity index (χ1v) is 1.97. The Hall–Kier alpha value is -0.120. The molecular weight excluding hydrogens is 132 g/mol. The van der Waals surface area contributed by atoms with E-state index >= 15 is 0 Å². The van der Waals surface area contributed by atoms with Crippen LogP contribution in [0.1, 0.15) is 42.5 Å². The van der Waals surface area contributed by atoms with Crippen LogP contribution in [0.3, 0.4) is 0 Å². The van der Waals surface area contributed by atoms with Gasteiger partial charge in [-0.25, -0.2) is 0 Å². The maximum absolute atomic E-state index is 7.59. The van der Waals surface area contributed by atoms with Crippen molar-refractivity contribution in [3.63, 3.8) is 0 Å². The second kappa shape index (κ2) is 6.99. The average Bonchev–Trinajstić information content (AvgIpc) is 2.19. The smallest absolute Gasteiger partial charge is 0.271 e. The van der Waals surface area contributed by atoms with Gasteiger partial charge in [0.25, 0.3) is 6.45 Å². The molecule has 0 aliphatic carbocycles. The summed E-state index contributed by atoms with van der Waals surface area (Å²) in [6, 6.07) is 0. The highest BCUT2D eigenvalue weighted by atomic mass is 16.8. The molecule has 3 heteroatoms. The van der Waals surface area contributed by atoms with Gasteiger partial charge >= 0.3 is 0 Å². The van der Waals surface area contributed by atoms with Crippen LogP contribution in [0.15, 0.2) is 0 Å². The largest absolute Gasteiger partial charge is 0.330 e. The zero-order valence-electron chi connectivity index (χ0n) is 20.7. The fraction of sp³-hybridized carbons (Fsp3) is 1.00. The Morgan fingerprint density at radius 3 is 1.90 bits per heavy atom. The molecule has 0 heterocycles. The molecule has 0 atom stereocenters. The van der Waals surface area contributed by atoms with Gasteiger partial charge in [0.15, 0.2) is 0 Å². The van der Waals surface area contributed by atoms with Crippen LogP contribution < -0.4 is 0 Å². The molecule has 0 aliphatic heterocycles. The Balaban J connectivity index is 6.05. The van der Waals surface area contributed by atoms with Crippen molar-refractivity contribution in [1.29, 1.82) is 0 Å². The van der Waals surface area contributed by atoms with Crippen LogP contribution in [-0.4, -0.2) is 26.1 Å². The van der Waals surface area contributed by atoms with Gasteiger partial charge in [-0.2, -0.15) is 0 Å².